The molecule has 0 atom stereocenters. The van der Waals surface area contributed by atoms with Crippen LogP contribution in [-0.4, -0.2) is 5.11 Å². The Hall–Kier alpha value is -2.50. The minimum Gasteiger partial charge on any atom is -0.508 e. The summed E-state index contributed by atoms with van der Waals surface area (Å²) in [7, 11) is 0. The average Bonchev–Trinajstić information content (AvgIpc) is 2.97. The van der Waals surface area contributed by atoms with Crippen molar-refractivity contribution in [1.82, 2.24) is 0 Å². The largest absolute Gasteiger partial charge is 0.508 e. The molecule has 0 unspecified atom stereocenters. The van der Waals surface area contributed by atoms with Crippen LogP contribution in [0.4, 0.5) is 0 Å². The van der Waals surface area contributed by atoms with E-state index in [9.17, 15) is 5.11 Å². The van der Waals surface area contributed by atoms with E-state index < -0.39 is 0 Å². The lowest BCUT2D eigenvalue weighted by atomic mass is 10.2. The van der Waals surface area contributed by atoms with Gasteiger partial charge in [-0.15, -0.1) is 11.3 Å². The predicted molar refractivity (Wildman–Crippen MR) is 108 cm³/mol. The second kappa shape index (κ2) is 7.40. The lowest BCUT2D eigenvalue weighted by molar-refractivity contribution is 0.306. The van der Waals surface area contributed by atoms with Gasteiger partial charge in [0.2, 0.25) is 0 Å². The molecule has 4 aromatic rings. The molecule has 0 spiro atoms. The van der Waals surface area contributed by atoms with Gasteiger partial charge in [0.15, 0.2) is 5.75 Å². The van der Waals surface area contributed by atoms with Crippen molar-refractivity contribution in [1.29, 1.82) is 0 Å². The number of hydrogen-bond acceptors (Lipinski definition) is 4. The van der Waals surface area contributed by atoms with Gasteiger partial charge in [0, 0.05) is 10.1 Å². The van der Waals surface area contributed by atoms with Crippen LogP contribution in [0.3, 0.4) is 0 Å². The Morgan fingerprint density at radius 2 is 1.62 bits per heavy atom. The zero-order valence-electron chi connectivity index (χ0n) is 13.7. The normalized spacial score (nSPS) is 10.8. The summed E-state index contributed by atoms with van der Waals surface area (Å²) in [5, 5.41) is 10.4. The van der Waals surface area contributed by atoms with E-state index in [1.165, 1.54) is 0 Å². The highest BCUT2D eigenvalue weighted by Gasteiger charge is 2.13. The van der Waals surface area contributed by atoms with Gasteiger partial charge in [-0.25, -0.2) is 0 Å². The highest BCUT2D eigenvalue weighted by molar-refractivity contribution is 9.11. The molecular formula is C21H15BrO3S. The summed E-state index contributed by atoms with van der Waals surface area (Å²) in [6.45, 7) is 0.537. The van der Waals surface area contributed by atoms with Crippen LogP contribution in [0, 0.1) is 0 Å². The van der Waals surface area contributed by atoms with Gasteiger partial charge in [0.25, 0.3) is 0 Å². The van der Waals surface area contributed by atoms with Crippen LogP contribution < -0.4 is 9.47 Å². The fourth-order valence-electron chi connectivity index (χ4n) is 2.58. The van der Waals surface area contributed by atoms with Crippen molar-refractivity contribution in [2.45, 2.75) is 6.61 Å². The fourth-order valence-corrected chi connectivity index (χ4v) is 4.28. The van der Waals surface area contributed by atoms with E-state index in [1.807, 2.05) is 48.5 Å². The molecule has 1 aromatic heterocycles. The maximum absolute atomic E-state index is 9.40. The third-order valence-electron chi connectivity index (χ3n) is 3.88. The number of aromatic hydroxyl groups is 1. The highest BCUT2D eigenvalue weighted by Crippen LogP contribution is 2.45. The number of fused-ring (bicyclic) bond motifs is 1. The van der Waals surface area contributed by atoms with Gasteiger partial charge in [0.1, 0.15) is 27.6 Å². The molecule has 4 rings (SSSR count). The summed E-state index contributed by atoms with van der Waals surface area (Å²) in [6.07, 6.45) is 0. The van der Waals surface area contributed by atoms with Gasteiger partial charge in [-0.3, -0.25) is 0 Å². The lowest BCUT2D eigenvalue weighted by Crippen LogP contribution is -1.94. The maximum atomic E-state index is 9.40. The van der Waals surface area contributed by atoms with Crippen molar-refractivity contribution < 1.29 is 14.6 Å². The Morgan fingerprint density at radius 1 is 0.885 bits per heavy atom. The molecule has 0 radical (unpaired) electrons. The van der Waals surface area contributed by atoms with Gasteiger partial charge in [-0.05, 0) is 64.0 Å². The SMILES string of the molecule is Oc1ccc(Oc2c(Br)sc3cc(OCc4ccccc4)ccc23)cc1. The monoisotopic (exact) mass is 426 g/mol. The minimum atomic E-state index is 0.215. The van der Waals surface area contributed by atoms with Crippen LogP contribution in [0.25, 0.3) is 10.1 Å². The Morgan fingerprint density at radius 3 is 2.38 bits per heavy atom. The molecule has 0 aliphatic heterocycles. The van der Waals surface area contributed by atoms with Crippen molar-refractivity contribution in [3.8, 4) is 23.0 Å². The van der Waals surface area contributed by atoms with E-state index in [4.69, 9.17) is 9.47 Å². The lowest BCUT2D eigenvalue weighted by Gasteiger charge is -2.07. The van der Waals surface area contributed by atoms with Crippen LogP contribution in [0.1, 0.15) is 5.56 Å². The van der Waals surface area contributed by atoms with Gasteiger partial charge in [-0.1, -0.05) is 30.3 Å². The van der Waals surface area contributed by atoms with E-state index in [2.05, 4.69) is 15.9 Å². The van der Waals surface area contributed by atoms with Gasteiger partial charge < -0.3 is 14.6 Å². The molecule has 0 saturated heterocycles. The molecule has 0 amide bonds. The summed E-state index contributed by atoms with van der Waals surface area (Å²) in [4.78, 5) is 0. The van der Waals surface area contributed by atoms with Crippen molar-refractivity contribution in [2.75, 3.05) is 0 Å². The third kappa shape index (κ3) is 3.69. The summed E-state index contributed by atoms with van der Waals surface area (Å²) in [5.74, 6) is 2.48. The first-order valence-corrected chi connectivity index (χ1v) is 9.66. The number of ether oxygens (including phenoxy) is 2. The summed E-state index contributed by atoms with van der Waals surface area (Å²) in [6, 6.07) is 22.8. The smallest absolute Gasteiger partial charge is 0.160 e. The number of benzene rings is 3. The molecule has 3 aromatic carbocycles. The van der Waals surface area contributed by atoms with Crippen LogP contribution in [0.2, 0.25) is 0 Å². The first kappa shape index (κ1) is 16.9. The molecule has 3 nitrogen and oxygen atoms in total. The molecule has 1 N–H and O–H groups in total. The van der Waals surface area contributed by atoms with Crippen molar-refractivity contribution in [3.05, 3.63) is 82.1 Å². The Kier molecular flexibility index (Phi) is 4.82. The molecule has 0 bridgehead atoms. The predicted octanol–water partition coefficient (Wildman–Crippen LogP) is 6.74. The van der Waals surface area contributed by atoms with E-state index in [1.54, 1.807) is 35.6 Å². The topological polar surface area (TPSA) is 38.7 Å². The first-order valence-electron chi connectivity index (χ1n) is 8.05. The Balaban J connectivity index is 1.56. The van der Waals surface area contributed by atoms with Crippen LogP contribution >= 0.6 is 27.3 Å². The van der Waals surface area contributed by atoms with Gasteiger partial charge >= 0.3 is 0 Å². The van der Waals surface area contributed by atoms with E-state index in [0.717, 1.165) is 30.9 Å². The third-order valence-corrected chi connectivity index (χ3v) is 5.65. The highest BCUT2D eigenvalue weighted by atomic mass is 79.9. The molecule has 0 aliphatic carbocycles. The van der Waals surface area contributed by atoms with Crippen LogP contribution in [0.5, 0.6) is 23.0 Å². The molecule has 130 valence electrons. The Bertz CT molecular complexity index is 1030. The van der Waals surface area contributed by atoms with Crippen molar-refractivity contribution in [2.24, 2.45) is 0 Å². The molecule has 0 saturated carbocycles. The van der Waals surface area contributed by atoms with Gasteiger partial charge in [0.05, 0.1) is 0 Å². The van der Waals surface area contributed by atoms with E-state index in [-0.39, 0.29) is 5.75 Å². The molecule has 0 fully saturated rings. The van der Waals surface area contributed by atoms with Crippen LogP contribution in [0.15, 0.2) is 76.6 Å². The standard InChI is InChI=1S/C21H15BrO3S/c22-21-20(25-16-8-6-15(23)7-9-16)18-11-10-17(12-19(18)26-21)24-13-14-4-2-1-3-5-14/h1-12,23H,13H2. The maximum Gasteiger partial charge on any atom is 0.160 e. The Labute approximate surface area is 163 Å². The molecule has 5 heteroatoms. The molecule has 26 heavy (non-hydrogen) atoms. The fraction of sp³-hybridized carbons (Fsp3) is 0.0476. The summed E-state index contributed by atoms with van der Waals surface area (Å²) >= 11 is 5.18. The first-order chi connectivity index (χ1) is 12.7. The summed E-state index contributed by atoms with van der Waals surface area (Å²) < 4.78 is 13.9. The van der Waals surface area contributed by atoms with Crippen molar-refractivity contribution in [3.63, 3.8) is 0 Å². The van der Waals surface area contributed by atoms with Crippen LogP contribution in [-0.2, 0) is 6.61 Å². The molecule has 1 heterocycles. The zero-order valence-corrected chi connectivity index (χ0v) is 16.1. The van der Waals surface area contributed by atoms with E-state index in [0.29, 0.717) is 12.4 Å². The number of hydrogen-bond donors (Lipinski definition) is 1. The molecular weight excluding hydrogens is 412 g/mol. The number of rotatable bonds is 5. The summed E-state index contributed by atoms with van der Waals surface area (Å²) in [5.41, 5.74) is 1.14. The second-order valence-corrected chi connectivity index (χ2v) is 8.10. The number of phenols is 1. The van der Waals surface area contributed by atoms with Crippen molar-refractivity contribution >= 4 is 37.4 Å². The van der Waals surface area contributed by atoms with Gasteiger partial charge in [-0.2, -0.15) is 0 Å². The minimum absolute atomic E-state index is 0.215. The quantitative estimate of drug-likeness (QED) is 0.383. The average molecular weight is 427 g/mol. The molecule has 0 aliphatic rings. The zero-order chi connectivity index (χ0) is 17.9. The number of phenolic OH excluding ortho intramolecular Hbond substituents is 1. The van der Waals surface area contributed by atoms with E-state index >= 15 is 0 Å². The second-order valence-electron chi connectivity index (χ2n) is 5.73. The number of halogens is 1. The number of thiophene rings is 1.